The van der Waals surface area contributed by atoms with Crippen LogP contribution in [-0.2, 0) is 20.7 Å². The highest BCUT2D eigenvalue weighted by atomic mass is 16.6. The molecule has 1 unspecified atom stereocenters. The van der Waals surface area contributed by atoms with E-state index in [4.69, 9.17) is 14.0 Å². The standard InChI is InChI=1S/C21H23BO4/c1-4-20-14-25-22(26-20)19-11-9-18(10-12-19)21(23)24-13-16-5-7-17(8-6-16)15(2)3/h5-12,20H,2,4,13-14H2,1,3H3. The lowest BCUT2D eigenvalue weighted by molar-refractivity contribution is 0.0472. The molecule has 5 heteroatoms. The summed E-state index contributed by atoms with van der Waals surface area (Å²) in [6.45, 7) is 8.79. The first-order valence-corrected chi connectivity index (χ1v) is 8.85. The highest BCUT2D eigenvalue weighted by Crippen LogP contribution is 2.14. The molecule has 0 aliphatic carbocycles. The first-order chi connectivity index (χ1) is 12.6. The number of carbonyl (C=O) groups excluding carboxylic acids is 1. The van der Waals surface area contributed by atoms with Gasteiger partial charge < -0.3 is 14.0 Å². The maximum Gasteiger partial charge on any atom is 0.494 e. The summed E-state index contributed by atoms with van der Waals surface area (Å²) in [4.78, 5) is 12.2. The van der Waals surface area contributed by atoms with E-state index < -0.39 is 0 Å². The van der Waals surface area contributed by atoms with Crippen LogP contribution in [0.1, 0.15) is 41.8 Å². The number of carbonyl (C=O) groups is 1. The van der Waals surface area contributed by atoms with Gasteiger partial charge in [0, 0.05) is 0 Å². The molecule has 1 atom stereocenters. The molecule has 134 valence electrons. The average molecular weight is 350 g/mol. The molecule has 0 bridgehead atoms. The molecule has 4 nitrogen and oxygen atoms in total. The lowest BCUT2D eigenvalue weighted by Crippen LogP contribution is -2.32. The Morgan fingerprint density at radius 1 is 1.15 bits per heavy atom. The Morgan fingerprint density at radius 2 is 1.81 bits per heavy atom. The van der Waals surface area contributed by atoms with Crippen molar-refractivity contribution in [1.82, 2.24) is 0 Å². The molecule has 2 aromatic carbocycles. The van der Waals surface area contributed by atoms with Crippen LogP contribution in [0.4, 0.5) is 0 Å². The van der Waals surface area contributed by atoms with Crippen molar-refractivity contribution in [3.8, 4) is 0 Å². The lowest BCUT2D eigenvalue weighted by Gasteiger charge is -2.08. The van der Waals surface area contributed by atoms with E-state index in [1.54, 1.807) is 12.1 Å². The van der Waals surface area contributed by atoms with E-state index in [0.29, 0.717) is 12.2 Å². The zero-order chi connectivity index (χ0) is 18.5. The summed E-state index contributed by atoms with van der Waals surface area (Å²) >= 11 is 0. The van der Waals surface area contributed by atoms with Crippen LogP contribution in [0.2, 0.25) is 0 Å². The van der Waals surface area contributed by atoms with Gasteiger partial charge in [-0.15, -0.1) is 0 Å². The predicted octanol–water partition coefficient (Wildman–Crippen LogP) is 3.60. The van der Waals surface area contributed by atoms with Crippen LogP contribution in [-0.4, -0.2) is 25.8 Å². The van der Waals surface area contributed by atoms with E-state index in [2.05, 4.69) is 13.5 Å². The Hall–Kier alpha value is -2.37. The summed E-state index contributed by atoms with van der Waals surface area (Å²) in [7, 11) is -0.350. The number of allylic oxidation sites excluding steroid dienone is 1. The molecule has 1 fully saturated rings. The minimum Gasteiger partial charge on any atom is -0.457 e. The predicted molar refractivity (Wildman–Crippen MR) is 103 cm³/mol. The third kappa shape index (κ3) is 4.42. The summed E-state index contributed by atoms with van der Waals surface area (Å²) in [6.07, 6.45) is 1.06. The van der Waals surface area contributed by atoms with Gasteiger partial charge >= 0.3 is 13.1 Å². The molecule has 1 heterocycles. The Morgan fingerprint density at radius 3 is 2.38 bits per heavy atom. The number of ether oxygens (including phenoxy) is 1. The van der Waals surface area contributed by atoms with Gasteiger partial charge in [-0.2, -0.15) is 0 Å². The minimum atomic E-state index is -0.350. The fraction of sp³-hybridized carbons (Fsp3) is 0.286. The summed E-state index contributed by atoms with van der Waals surface area (Å²) in [5.41, 5.74) is 4.45. The van der Waals surface area contributed by atoms with Gasteiger partial charge in [-0.1, -0.05) is 55.5 Å². The van der Waals surface area contributed by atoms with Crippen molar-refractivity contribution < 1.29 is 18.8 Å². The SMILES string of the molecule is C=C(C)c1ccc(COC(=O)c2ccc(B3OCC(CC)O3)cc2)cc1. The highest BCUT2D eigenvalue weighted by Gasteiger charge is 2.32. The van der Waals surface area contributed by atoms with E-state index in [1.165, 1.54) is 0 Å². The van der Waals surface area contributed by atoms with Gasteiger partial charge in [-0.3, -0.25) is 0 Å². The third-order valence-corrected chi connectivity index (χ3v) is 4.44. The quantitative estimate of drug-likeness (QED) is 0.590. The lowest BCUT2D eigenvalue weighted by atomic mass is 9.79. The summed E-state index contributed by atoms with van der Waals surface area (Å²) < 4.78 is 16.8. The number of benzene rings is 2. The molecule has 0 saturated carbocycles. The van der Waals surface area contributed by atoms with E-state index >= 15 is 0 Å². The van der Waals surface area contributed by atoms with Gasteiger partial charge in [-0.05, 0) is 42.1 Å². The monoisotopic (exact) mass is 350 g/mol. The molecule has 0 N–H and O–H groups in total. The third-order valence-electron chi connectivity index (χ3n) is 4.44. The molecule has 1 saturated heterocycles. The fourth-order valence-electron chi connectivity index (χ4n) is 2.73. The van der Waals surface area contributed by atoms with Crippen LogP contribution < -0.4 is 5.46 Å². The van der Waals surface area contributed by atoms with E-state index in [1.807, 2.05) is 43.3 Å². The first kappa shape index (κ1) is 18.4. The number of hydrogen-bond donors (Lipinski definition) is 0. The van der Waals surface area contributed by atoms with Crippen molar-refractivity contribution in [2.75, 3.05) is 6.61 Å². The second kappa shape index (κ2) is 8.34. The van der Waals surface area contributed by atoms with Gasteiger partial charge in [0.2, 0.25) is 0 Å². The van der Waals surface area contributed by atoms with E-state index in [-0.39, 0.29) is 25.8 Å². The molecule has 0 radical (unpaired) electrons. The molecule has 26 heavy (non-hydrogen) atoms. The van der Waals surface area contributed by atoms with Gasteiger partial charge in [0.1, 0.15) is 6.61 Å². The zero-order valence-electron chi connectivity index (χ0n) is 15.2. The maximum atomic E-state index is 12.2. The topological polar surface area (TPSA) is 44.8 Å². The fourth-order valence-corrected chi connectivity index (χ4v) is 2.73. The van der Waals surface area contributed by atoms with Crippen LogP contribution in [0.25, 0.3) is 5.57 Å². The number of rotatable bonds is 6. The van der Waals surface area contributed by atoms with Gasteiger partial charge in [0.05, 0.1) is 18.3 Å². The molecule has 1 aliphatic rings. The maximum absolute atomic E-state index is 12.2. The van der Waals surface area contributed by atoms with Gasteiger partial charge in [0.15, 0.2) is 0 Å². The highest BCUT2D eigenvalue weighted by molar-refractivity contribution is 6.61. The van der Waals surface area contributed by atoms with Crippen molar-refractivity contribution in [2.24, 2.45) is 0 Å². The molecule has 0 spiro atoms. The molecule has 0 aromatic heterocycles. The molecule has 1 aliphatic heterocycles. The second-order valence-corrected chi connectivity index (χ2v) is 6.51. The Kier molecular flexibility index (Phi) is 5.91. The van der Waals surface area contributed by atoms with Crippen LogP contribution in [0.3, 0.4) is 0 Å². The largest absolute Gasteiger partial charge is 0.494 e. The summed E-state index contributed by atoms with van der Waals surface area (Å²) in [6, 6.07) is 15.0. The molecular formula is C21H23BO4. The van der Waals surface area contributed by atoms with Crippen molar-refractivity contribution in [1.29, 1.82) is 0 Å². The molecular weight excluding hydrogens is 327 g/mol. The summed E-state index contributed by atoms with van der Waals surface area (Å²) in [5.74, 6) is -0.347. The van der Waals surface area contributed by atoms with Crippen molar-refractivity contribution in [2.45, 2.75) is 33.0 Å². The van der Waals surface area contributed by atoms with E-state index in [9.17, 15) is 4.79 Å². The van der Waals surface area contributed by atoms with Crippen LogP contribution in [0, 0.1) is 0 Å². The molecule has 0 amide bonds. The Balaban J connectivity index is 1.55. The normalized spacial score (nSPS) is 16.5. The smallest absolute Gasteiger partial charge is 0.457 e. The van der Waals surface area contributed by atoms with Gasteiger partial charge in [0.25, 0.3) is 0 Å². The minimum absolute atomic E-state index is 0.140. The van der Waals surface area contributed by atoms with Crippen molar-refractivity contribution >= 4 is 24.1 Å². The van der Waals surface area contributed by atoms with Crippen molar-refractivity contribution in [3.05, 3.63) is 71.8 Å². The molecule has 2 aromatic rings. The summed E-state index contributed by atoms with van der Waals surface area (Å²) in [5, 5.41) is 0. The van der Waals surface area contributed by atoms with Gasteiger partial charge in [-0.25, -0.2) is 4.79 Å². The Bertz CT molecular complexity index is 768. The molecule has 3 rings (SSSR count). The van der Waals surface area contributed by atoms with E-state index in [0.717, 1.165) is 28.6 Å². The van der Waals surface area contributed by atoms with Crippen LogP contribution >= 0.6 is 0 Å². The van der Waals surface area contributed by atoms with Crippen LogP contribution in [0.15, 0.2) is 55.1 Å². The average Bonchev–Trinajstić information content (AvgIpc) is 3.16. The number of esters is 1. The first-order valence-electron chi connectivity index (χ1n) is 8.85. The zero-order valence-corrected chi connectivity index (χ0v) is 15.2. The van der Waals surface area contributed by atoms with Crippen molar-refractivity contribution in [3.63, 3.8) is 0 Å². The number of hydrogen-bond acceptors (Lipinski definition) is 4. The Labute approximate surface area is 154 Å². The second-order valence-electron chi connectivity index (χ2n) is 6.51. The van der Waals surface area contributed by atoms with Crippen LogP contribution in [0.5, 0.6) is 0 Å².